The number of guanidine groups is 1. The first kappa shape index (κ1) is 26.7. The van der Waals surface area contributed by atoms with Crippen molar-refractivity contribution in [3.8, 4) is 11.1 Å². The maximum absolute atomic E-state index is 13.3. The van der Waals surface area contributed by atoms with Gasteiger partial charge >= 0.3 is 0 Å². The van der Waals surface area contributed by atoms with E-state index in [0.717, 1.165) is 47.2 Å². The summed E-state index contributed by atoms with van der Waals surface area (Å²) < 4.78 is 0. The van der Waals surface area contributed by atoms with E-state index >= 15 is 0 Å². The molecule has 1 amide bonds. The Balaban J connectivity index is 2.47. The first-order valence-electron chi connectivity index (χ1n) is 11.6. The number of benzene rings is 1. The second-order valence-electron chi connectivity index (χ2n) is 8.45. The first-order chi connectivity index (χ1) is 16.2. The molecule has 8 nitrogen and oxygen atoms in total. The quantitative estimate of drug-likeness (QED) is 0.268. The van der Waals surface area contributed by atoms with Gasteiger partial charge in [0.1, 0.15) is 5.71 Å². The standard InChI is InChI=1S/C26H37N7O/c1-6-8-11-30-24(25(34)32-22(7-2)16-31-26(27)28)23-13-20(10-9-18(23)3)21-12-19(14-29-15-21)17-33(4)5/h9-10,12-16H,6-8,11,17H2,1-5H3,(H,32,34)(H4,27,28,31)/b22-16+,30-24?. The minimum absolute atomic E-state index is 0.0642. The molecule has 5 N–H and O–H groups in total. The van der Waals surface area contributed by atoms with Crippen molar-refractivity contribution in [1.29, 1.82) is 0 Å². The Morgan fingerprint density at radius 2 is 1.91 bits per heavy atom. The fourth-order valence-corrected chi connectivity index (χ4v) is 3.35. The van der Waals surface area contributed by atoms with Crippen molar-refractivity contribution in [2.75, 3.05) is 20.6 Å². The van der Waals surface area contributed by atoms with Gasteiger partial charge in [-0.25, -0.2) is 4.99 Å². The molecular weight excluding hydrogens is 426 g/mol. The average Bonchev–Trinajstić information content (AvgIpc) is 2.79. The number of nitrogens with one attached hydrogen (secondary N) is 1. The number of hydrogen-bond acceptors (Lipinski definition) is 5. The topological polar surface area (TPSA) is 122 Å². The summed E-state index contributed by atoms with van der Waals surface area (Å²) in [6, 6.07) is 8.21. The predicted molar refractivity (Wildman–Crippen MR) is 140 cm³/mol. The second kappa shape index (κ2) is 13.3. The molecule has 0 aliphatic carbocycles. The average molecular weight is 464 g/mol. The summed E-state index contributed by atoms with van der Waals surface area (Å²) in [6.07, 6.45) is 7.65. The Morgan fingerprint density at radius 1 is 1.15 bits per heavy atom. The number of hydrogen-bond donors (Lipinski definition) is 3. The number of allylic oxidation sites excluding steroid dienone is 1. The van der Waals surface area contributed by atoms with Gasteiger partial charge in [0.05, 0.1) is 6.20 Å². The summed E-state index contributed by atoms with van der Waals surface area (Å²) in [4.78, 5) is 28.4. The summed E-state index contributed by atoms with van der Waals surface area (Å²) in [7, 11) is 4.06. The molecule has 0 saturated heterocycles. The number of aromatic nitrogens is 1. The normalized spacial score (nSPS) is 12.1. The zero-order chi connectivity index (χ0) is 25.1. The van der Waals surface area contributed by atoms with Crippen LogP contribution in [0.1, 0.15) is 49.8 Å². The maximum Gasteiger partial charge on any atom is 0.274 e. The lowest BCUT2D eigenvalue weighted by atomic mass is 9.96. The number of rotatable bonds is 11. The summed E-state index contributed by atoms with van der Waals surface area (Å²) in [5.74, 6) is -0.347. The van der Waals surface area contributed by atoms with E-state index in [1.807, 2.05) is 58.5 Å². The molecule has 0 radical (unpaired) electrons. The Hall–Kier alpha value is -3.52. The van der Waals surface area contributed by atoms with E-state index in [2.05, 4.69) is 38.2 Å². The van der Waals surface area contributed by atoms with Crippen LogP contribution in [0.4, 0.5) is 0 Å². The van der Waals surface area contributed by atoms with E-state index in [1.54, 1.807) is 0 Å². The molecule has 2 aromatic rings. The van der Waals surface area contributed by atoms with E-state index in [0.29, 0.717) is 24.4 Å². The minimum atomic E-state index is -0.283. The Labute approximate surface area is 202 Å². The van der Waals surface area contributed by atoms with Gasteiger partial charge in [-0.15, -0.1) is 0 Å². The van der Waals surface area contributed by atoms with Crippen molar-refractivity contribution in [1.82, 2.24) is 15.2 Å². The number of carbonyl (C=O) groups is 1. The second-order valence-corrected chi connectivity index (χ2v) is 8.45. The highest BCUT2D eigenvalue weighted by molar-refractivity contribution is 6.46. The van der Waals surface area contributed by atoms with Gasteiger partial charge in [-0.1, -0.05) is 32.4 Å². The number of unbranched alkanes of at least 4 members (excludes halogenated alkanes) is 1. The summed E-state index contributed by atoms with van der Waals surface area (Å²) >= 11 is 0. The highest BCUT2D eigenvalue weighted by Gasteiger charge is 2.18. The molecule has 1 heterocycles. The van der Waals surface area contributed by atoms with Crippen LogP contribution in [0.5, 0.6) is 0 Å². The highest BCUT2D eigenvalue weighted by atomic mass is 16.1. The van der Waals surface area contributed by atoms with Crippen LogP contribution in [0.3, 0.4) is 0 Å². The monoisotopic (exact) mass is 463 g/mol. The molecule has 0 spiro atoms. The van der Waals surface area contributed by atoms with Gasteiger partial charge in [0.15, 0.2) is 5.96 Å². The third-order valence-electron chi connectivity index (χ3n) is 5.14. The van der Waals surface area contributed by atoms with E-state index in [1.165, 1.54) is 6.20 Å². The lowest BCUT2D eigenvalue weighted by Crippen LogP contribution is -2.32. The third kappa shape index (κ3) is 8.12. The number of pyridine rings is 1. The fraction of sp³-hybridized carbons (Fsp3) is 0.385. The van der Waals surface area contributed by atoms with Gasteiger partial charge < -0.3 is 21.7 Å². The number of aliphatic imine (C=N–C) groups is 2. The smallest absolute Gasteiger partial charge is 0.274 e. The minimum Gasteiger partial charge on any atom is -0.370 e. The zero-order valence-electron chi connectivity index (χ0n) is 20.9. The molecule has 0 aliphatic heterocycles. The van der Waals surface area contributed by atoms with Gasteiger partial charge in [-0.05, 0) is 62.7 Å². The number of nitrogens with zero attached hydrogens (tertiary/aromatic N) is 4. The molecule has 1 aromatic carbocycles. The van der Waals surface area contributed by atoms with Crippen molar-refractivity contribution in [3.63, 3.8) is 0 Å². The molecular formula is C26H37N7O. The van der Waals surface area contributed by atoms with Crippen molar-refractivity contribution in [3.05, 3.63) is 65.2 Å². The zero-order valence-corrected chi connectivity index (χ0v) is 20.9. The Morgan fingerprint density at radius 3 is 2.56 bits per heavy atom. The molecule has 182 valence electrons. The van der Waals surface area contributed by atoms with Crippen molar-refractivity contribution < 1.29 is 4.79 Å². The molecule has 0 aliphatic rings. The van der Waals surface area contributed by atoms with Crippen molar-refractivity contribution in [2.24, 2.45) is 21.5 Å². The third-order valence-corrected chi connectivity index (χ3v) is 5.14. The SMILES string of the molecule is CCCCN=C(C(=O)N/C(=C/N=C(N)N)CC)c1cc(-c2cncc(CN(C)C)c2)ccc1C. The van der Waals surface area contributed by atoms with E-state index in [4.69, 9.17) is 11.5 Å². The van der Waals surface area contributed by atoms with Crippen LogP contribution in [-0.4, -0.2) is 48.1 Å². The molecule has 0 bridgehead atoms. The van der Waals surface area contributed by atoms with Gasteiger partial charge in [0.2, 0.25) is 0 Å². The van der Waals surface area contributed by atoms with Crippen molar-refractivity contribution in [2.45, 2.75) is 46.6 Å². The Bertz CT molecular complexity index is 1070. The number of nitrogens with two attached hydrogens (primary N) is 2. The van der Waals surface area contributed by atoms with Crippen molar-refractivity contribution >= 4 is 17.6 Å². The summed E-state index contributed by atoms with van der Waals surface area (Å²) in [5, 5.41) is 2.92. The van der Waals surface area contributed by atoms with E-state index < -0.39 is 0 Å². The first-order valence-corrected chi connectivity index (χ1v) is 11.6. The molecule has 0 saturated carbocycles. The maximum atomic E-state index is 13.3. The largest absolute Gasteiger partial charge is 0.370 e. The molecule has 1 aromatic heterocycles. The number of aryl methyl sites for hydroxylation is 1. The molecule has 0 unspecified atom stereocenters. The van der Waals surface area contributed by atoms with E-state index in [9.17, 15) is 4.79 Å². The predicted octanol–water partition coefficient (Wildman–Crippen LogP) is 3.35. The fourth-order valence-electron chi connectivity index (χ4n) is 3.35. The lowest BCUT2D eigenvalue weighted by molar-refractivity contribution is -0.114. The lowest BCUT2D eigenvalue weighted by Gasteiger charge is -2.14. The van der Waals surface area contributed by atoms with Gasteiger partial charge in [-0.3, -0.25) is 14.8 Å². The molecule has 8 heteroatoms. The van der Waals surface area contributed by atoms with Crippen LogP contribution in [-0.2, 0) is 11.3 Å². The van der Waals surface area contributed by atoms with E-state index in [-0.39, 0.29) is 11.9 Å². The van der Waals surface area contributed by atoms with Crippen LogP contribution in [0, 0.1) is 6.92 Å². The van der Waals surface area contributed by atoms with Crippen LogP contribution in [0.25, 0.3) is 11.1 Å². The summed E-state index contributed by atoms with van der Waals surface area (Å²) in [5.41, 5.74) is 16.7. The van der Waals surface area contributed by atoms with Crippen LogP contribution < -0.4 is 16.8 Å². The number of amides is 1. The number of carbonyl (C=O) groups excluding carboxylic acids is 1. The molecule has 2 rings (SSSR count). The highest BCUT2D eigenvalue weighted by Crippen LogP contribution is 2.24. The van der Waals surface area contributed by atoms with Crippen LogP contribution in [0.15, 0.2) is 58.5 Å². The van der Waals surface area contributed by atoms with Crippen LogP contribution in [0.2, 0.25) is 0 Å². The Kier molecular flexibility index (Phi) is 10.4. The van der Waals surface area contributed by atoms with Crippen LogP contribution >= 0.6 is 0 Å². The van der Waals surface area contributed by atoms with Gasteiger partial charge in [0.25, 0.3) is 5.91 Å². The summed E-state index contributed by atoms with van der Waals surface area (Å²) in [6.45, 7) is 7.37. The van der Waals surface area contributed by atoms with Gasteiger partial charge in [0, 0.05) is 42.3 Å². The molecule has 0 atom stereocenters. The van der Waals surface area contributed by atoms with Gasteiger partial charge in [-0.2, -0.15) is 0 Å². The molecule has 0 fully saturated rings. The molecule has 34 heavy (non-hydrogen) atoms.